The molecule has 0 amide bonds. The van der Waals surface area contributed by atoms with Crippen LogP contribution in [0, 0.1) is 6.92 Å². The third-order valence-electron chi connectivity index (χ3n) is 2.52. The van der Waals surface area contributed by atoms with Crippen molar-refractivity contribution < 1.29 is 5.21 Å². The van der Waals surface area contributed by atoms with E-state index >= 15 is 0 Å². The van der Waals surface area contributed by atoms with E-state index in [2.05, 4.69) is 0 Å². The number of benzene rings is 1. The zero-order chi connectivity index (χ0) is 12.4. The molecule has 17 heavy (non-hydrogen) atoms. The highest BCUT2D eigenvalue weighted by Crippen LogP contribution is 2.13. The second-order valence-electron chi connectivity index (χ2n) is 3.98. The van der Waals surface area contributed by atoms with Gasteiger partial charge in [-0.3, -0.25) is 4.79 Å². The third-order valence-corrected chi connectivity index (χ3v) is 2.78. The molecular formula is C13H12ClNO2. The molecule has 2 aromatic rings. The molecule has 0 saturated heterocycles. The van der Waals surface area contributed by atoms with Crippen molar-refractivity contribution in [3.63, 3.8) is 0 Å². The lowest BCUT2D eigenvalue weighted by molar-refractivity contribution is 0.166. The summed E-state index contributed by atoms with van der Waals surface area (Å²) in [5.74, 6) is 0. The van der Waals surface area contributed by atoms with E-state index in [1.54, 1.807) is 18.2 Å². The number of hydrogen-bond donors (Lipinski definition) is 1. The lowest BCUT2D eigenvalue weighted by Crippen LogP contribution is -2.21. The van der Waals surface area contributed by atoms with Gasteiger partial charge in [0, 0.05) is 17.5 Å². The number of rotatable bonds is 2. The first-order valence-corrected chi connectivity index (χ1v) is 5.60. The van der Waals surface area contributed by atoms with Gasteiger partial charge in [-0.15, -0.1) is 0 Å². The highest BCUT2D eigenvalue weighted by Gasteiger charge is 2.05. The molecule has 1 heterocycles. The summed E-state index contributed by atoms with van der Waals surface area (Å²) in [6.45, 7) is 1.83. The SMILES string of the molecule is Cc1cc(Cc2ccc(Cl)cc2)n(O)c(=O)c1. The second kappa shape index (κ2) is 4.63. The van der Waals surface area contributed by atoms with Gasteiger partial charge in [-0.05, 0) is 36.2 Å². The number of halogens is 1. The molecule has 0 aliphatic carbocycles. The maximum Gasteiger partial charge on any atom is 0.283 e. The van der Waals surface area contributed by atoms with E-state index in [-0.39, 0.29) is 0 Å². The van der Waals surface area contributed by atoms with Gasteiger partial charge in [0.1, 0.15) is 0 Å². The molecule has 0 aliphatic rings. The Bertz CT molecular complexity index is 587. The predicted molar refractivity (Wildman–Crippen MR) is 66.9 cm³/mol. The average Bonchev–Trinajstić information content (AvgIpc) is 2.28. The van der Waals surface area contributed by atoms with Gasteiger partial charge < -0.3 is 5.21 Å². The van der Waals surface area contributed by atoms with Gasteiger partial charge in [0.25, 0.3) is 5.56 Å². The Kier molecular flexibility index (Phi) is 3.20. The maximum atomic E-state index is 11.4. The van der Waals surface area contributed by atoms with Crippen LogP contribution < -0.4 is 5.56 Å². The summed E-state index contributed by atoms with van der Waals surface area (Å²) < 4.78 is 0.682. The Morgan fingerprint density at radius 1 is 1.24 bits per heavy atom. The van der Waals surface area contributed by atoms with Gasteiger partial charge in [-0.2, -0.15) is 4.73 Å². The summed E-state index contributed by atoms with van der Waals surface area (Å²) in [4.78, 5) is 11.4. The van der Waals surface area contributed by atoms with Crippen LogP contribution >= 0.6 is 11.6 Å². The molecule has 0 unspecified atom stereocenters. The van der Waals surface area contributed by atoms with E-state index in [4.69, 9.17) is 11.6 Å². The van der Waals surface area contributed by atoms with Crippen LogP contribution in [0.25, 0.3) is 0 Å². The summed E-state index contributed by atoms with van der Waals surface area (Å²) in [7, 11) is 0. The van der Waals surface area contributed by atoms with Crippen molar-refractivity contribution in [1.29, 1.82) is 0 Å². The lowest BCUT2D eigenvalue weighted by atomic mass is 10.1. The lowest BCUT2D eigenvalue weighted by Gasteiger charge is -2.07. The molecule has 0 saturated carbocycles. The van der Waals surface area contributed by atoms with Crippen LogP contribution in [0.4, 0.5) is 0 Å². The van der Waals surface area contributed by atoms with Crippen molar-refractivity contribution in [1.82, 2.24) is 4.73 Å². The Morgan fingerprint density at radius 2 is 1.88 bits per heavy atom. The Hall–Kier alpha value is -1.74. The highest BCUT2D eigenvalue weighted by atomic mass is 35.5. The quantitative estimate of drug-likeness (QED) is 0.832. The van der Waals surface area contributed by atoms with Crippen LogP contribution in [0.2, 0.25) is 5.02 Å². The summed E-state index contributed by atoms with van der Waals surface area (Å²) in [5.41, 5.74) is 1.98. The topological polar surface area (TPSA) is 42.2 Å². The molecule has 0 fully saturated rings. The van der Waals surface area contributed by atoms with Crippen molar-refractivity contribution in [2.45, 2.75) is 13.3 Å². The van der Waals surface area contributed by atoms with Crippen molar-refractivity contribution in [2.75, 3.05) is 0 Å². The first-order valence-electron chi connectivity index (χ1n) is 5.22. The van der Waals surface area contributed by atoms with Crippen LogP contribution in [0.1, 0.15) is 16.8 Å². The largest absolute Gasteiger partial charge is 0.425 e. The molecule has 1 N–H and O–H groups in total. The minimum Gasteiger partial charge on any atom is -0.425 e. The minimum absolute atomic E-state index is 0.408. The van der Waals surface area contributed by atoms with E-state index in [0.717, 1.165) is 11.1 Å². The Morgan fingerprint density at radius 3 is 2.53 bits per heavy atom. The average molecular weight is 250 g/mol. The third kappa shape index (κ3) is 2.68. The van der Waals surface area contributed by atoms with Gasteiger partial charge in [0.15, 0.2) is 0 Å². The number of aromatic nitrogens is 1. The first-order chi connectivity index (χ1) is 8.06. The minimum atomic E-state index is -0.408. The first kappa shape index (κ1) is 11.7. The van der Waals surface area contributed by atoms with Crippen molar-refractivity contribution in [2.24, 2.45) is 0 Å². The van der Waals surface area contributed by atoms with Crippen LogP contribution in [-0.4, -0.2) is 9.94 Å². The molecule has 4 heteroatoms. The van der Waals surface area contributed by atoms with Gasteiger partial charge >= 0.3 is 0 Å². The number of nitrogens with zero attached hydrogens (tertiary/aromatic N) is 1. The fourth-order valence-electron chi connectivity index (χ4n) is 1.70. The fraction of sp³-hybridized carbons (Fsp3) is 0.154. The number of aryl methyl sites for hydroxylation is 1. The predicted octanol–water partition coefficient (Wildman–Crippen LogP) is 2.64. The normalized spacial score (nSPS) is 10.5. The molecule has 0 radical (unpaired) electrons. The zero-order valence-electron chi connectivity index (χ0n) is 9.35. The van der Waals surface area contributed by atoms with Gasteiger partial charge in [-0.1, -0.05) is 23.7 Å². The molecule has 88 valence electrons. The molecule has 2 rings (SSSR count). The van der Waals surface area contributed by atoms with E-state index < -0.39 is 5.56 Å². The van der Waals surface area contributed by atoms with Crippen molar-refractivity contribution in [3.8, 4) is 0 Å². The zero-order valence-corrected chi connectivity index (χ0v) is 10.1. The van der Waals surface area contributed by atoms with E-state index in [9.17, 15) is 10.0 Å². The summed E-state index contributed by atoms with van der Waals surface area (Å²) in [6, 6.07) is 10.5. The summed E-state index contributed by atoms with van der Waals surface area (Å²) >= 11 is 5.79. The highest BCUT2D eigenvalue weighted by molar-refractivity contribution is 6.30. The van der Waals surface area contributed by atoms with Crippen molar-refractivity contribution >= 4 is 11.6 Å². The standard InChI is InChI=1S/C13H12ClNO2/c1-9-6-12(15(17)13(16)7-9)8-10-2-4-11(14)5-3-10/h2-7,17H,8H2,1H3. The molecule has 0 atom stereocenters. The molecule has 0 spiro atoms. The molecular weight excluding hydrogens is 238 g/mol. The van der Waals surface area contributed by atoms with Gasteiger partial charge in [0.2, 0.25) is 0 Å². The van der Waals surface area contributed by atoms with Crippen LogP contribution in [0.15, 0.2) is 41.2 Å². The molecule has 1 aromatic heterocycles. The molecule has 1 aromatic carbocycles. The van der Waals surface area contributed by atoms with Gasteiger partial charge in [0.05, 0.1) is 5.69 Å². The van der Waals surface area contributed by atoms with E-state index in [1.165, 1.54) is 6.07 Å². The monoisotopic (exact) mass is 249 g/mol. The molecule has 0 bridgehead atoms. The smallest absolute Gasteiger partial charge is 0.283 e. The summed E-state index contributed by atoms with van der Waals surface area (Å²) in [5, 5.41) is 10.3. The van der Waals surface area contributed by atoms with E-state index in [1.807, 2.05) is 19.1 Å². The number of hydrogen-bond acceptors (Lipinski definition) is 2. The summed E-state index contributed by atoms with van der Waals surface area (Å²) in [6.07, 6.45) is 0.491. The van der Waals surface area contributed by atoms with Crippen molar-refractivity contribution in [3.05, 3.63) is 68.6 Å². The molecule has 3 nitrogen and oxygen atoms in total. The maximum absolute atomic E-state index is 11.4. The number of pyridine rings is 1. The Labute approximate surface area is 104 Å². The fourth-order valence-corrected chi connectivity index (χ4v) is 1.83. The van der Waals surface area contributed by atoms with Gasteiger partial charge in [-0.25, -0.2) is 0 Å². The second-order valence-corrected chi connectivity index (χ2v) is 4.41. The Balaban J connectivity index is 2.36. The molecule has 0 aliphatic heterocycles. The van der Waals surface area contributed by atoms with Crippen LogP contribution in [0.3, 0.4) is 0 Å². The van der Waals surface area contributed by atoms with Crippen LogP contribution in [-0.2, 0) is 6.42 Å². The van der Waals surface area contributed by atoms with Crippen LogP contribution in [0.5, 0.6) is 0 Å². The van der Waals surface area contributed by atoms with E-state index in [0.29, 0.717) is 21.9 Å².